The number of halogens is 1. The van der Waals surface area contributed by atoms with Crippen molar-refractivity contribution in [1.29, 1.82) is 0 Å². The SMILES string of the molecule is C[C@@H]1[C@H](C)CCC[C@H]1NC(=O)[C@@H](C)OC(=O)CN(C)S(=O)(=O)c1ccc(F)cc1. The molecule has 0 aliphatic heterocycles. The number of carbonyl (C=O) groups excluding carboxylic acids is 2. The highest BCUT2D eigenvalue weighted by Crippen LogP contribution is 2.29. The largest absolute Gasteiger partial charge is 0.452 e. The van der Waals surface area contributed by atoms with E-state index >= 15 is 0 Å². The number of sulfonamides is 1. The standard InChI is InChI=1S/C20H29FN2O5S/c1-13-6-5-7-18(14(13)2)22-20(25)15(3)28-19(24)12-23(4)29(26,27)17-10-8-16(21)9-11-17/h8-11,13-15,18H,5-7,12H2,1-4H3,(H,22,25)/t13-,14-,15-,18-/m1/s1. The van der Waals surface area contributed by atoms with Gasteiger partial charge in [0.05, 0.1) is 4.90 Å². The molecule has 4 atom stereocenters. The van der Waals surface area contributed by atoms with Gasteiger partial charge < -0.3 is 10.1 Å². The van der Waals surface area contributed by atoms with Gasteiger partial charge in [-0.25, -0.2) is 12.8 Å². The number of ether oxygens (including phenoxy) is 1. The Morgan fingerprint density at radius 2 is 1.86 bits per heavy atom. The summed E-state index contributed by atoms with van der Waals surface area (Å²) in [5.74, 6) is -0.952. The molecule has 9 heteroatoms. The van der Waals surface area contributed by atoms with Crippen molar-refractivity contribution in [3.63, 3.8) is 0 Å². The molecule has 1 aromatic rings. The van der Waals surface area contributed by atoms with Gasteiger partial charge in [0, 0.05) is 13.1 Å². The minimum atomic E-state index is -3.98. The second kappa shape index (κ2) is 9.67. The van der Waals surface area contributed by atoms with Gasteiger partial charge in [-0.15, -0.1) is 0 Å². The Hall–Kier alpha value is -2.00. The molecule has 0 saturated heterocycles. The first kappa shape index (κ1) is 23.3. The number of rotatable bonds is 7. The first-order chi connectivity index (χ1) is 13.5. The molecular formula is C20H29FN2O5S. The smallest absolute Gasteiger partial charge is 0.322 e. The number of nitrogens with zero attached hydrogens (tertiary/aromatic N) is 1. The van der Waals surface area contributed by atoms with Gasteiger partial charge in [-0.1, -0.05) is 26.7 Å². The monoisotopic (exact) mass is 428 g/mol. The Kier molecular flexibility index (Phi) is 7.76. The molecule has 0 aromatic heterocycles. The van der Waals surface area contributed by atoms with E-state index in [4.69, 9.17) is 4.74 Å². The maximum Gasteiger partial charge on any atom is 0.322 e. The Bertz CT molecular complexity index is 828. The van der Waals surface area contributed by atoms with E-state index in [2.05, 4.69) is 19.2 Å². The molecule has 0 heterocycles. The first-order valence-corrected chi connectivity index (χ1v) is 11.2. The van der Waals surface area contributed by atoms with Crippen LogP contribution < -0.4 is 5.32 Å². The van der Waals surface area contributed by atoms with Crippen molar-refractivity contribution in [1.82, 2.24) is 9.62 Å². The maximum absolute atomic E-state index is 13.0. The first-order valence-electron chi connectivity index (χ1n) is 9.74. The zero-order chi connectivity index (χ0) is 21.8. The average molecular weight is 429 g/mol. The topological polar surface area (TPSA) is 92.8 Å². The van der Waals surface area contributed by atoms with E-state index in [1.54, 1.807) is 0 Å². The molecule has 1 amide bonds. The fourth-order valence-corrected chi connectivity index (χ4v) is 4.54. The van der Waals surface area contributed by atoms with Crippen molar-refractivity contribution >= 4 is 21.9 Å². The van der Waals surface area contributed by atoms with Crippen molar-refractivity contribution in [3.8, 4) is 0 Å². The number of amides is 1. The van der Waals surface area contributed by atoms with Crippen LogP contribution in [0.1, 0.15) is 40.0 Å². The Morgan fingerprint density at radius 1 is 1.24 bits per heavy atom. The molecule has 162 valence electrons. The maximum atomic E-state index is 13.0. The van der Waals surface area contributed by atoms with Gasteiger partial charge >= 0.3 is 5.97 Å². The molecule has 0 spiro atoms. The molecule has 1 fully saturated rings. The Balaban J connectivity index is 1.90. The fraction of sp³-hybridized carbons (Fsp3) is 0.600. The molecule has 1 saturated carbocycles. The fourth-order valence-electron chi connectivity index (χ4n) is 3.43. The zero-order valence-electron chi connectivity index (χ0n) is 17.2. The number of benzene rings is 1. The van der Waals surface area contributed by atoms with Crippen molar-refractivity contribution in [3.05, 3.63) is 30.1 Å². The van der Waals surface area contributed by atoms with Gasteiger partial charge in [0.25, 0.3) is 5.91 Å². The zero-order valence-corrected chi connectivity index (χ0v) is 18.0. The van der Waals surface area contributed by atoms with Crippen molar-refractivity contribution in [2.24, 2.45) is 11.8 Å². The quantitative estimate of drug-likeness (QED) is 0.673. The molecule has 0 bridgehead atoms. The number of hydrogen-bond donors (Lipinski definition) is 1. The van der Waals surface area contributed by atoms with Crippen LogP contribution >= 0.6 is 0 Å². The number of carbonyl (C=O) groups is 2. The lowest BCUT2D eigenvalue weighted by atomic mass is 9.78. The Labute approximate surface area is 171 Å². The van der Waals surface area contributed by atoms with E-state index < -0.39 is 40.4 Å². The number of nitrogens with one attached hydrogen (secondary N) is 1. The summed E-state index contributed by atoms with van der Waals surface area (Å²) in [7, 11) is -2.76. The van der Waals surface area contributed by atoms with Gasteiger partial charge in [-0.2, -0.15) is 4.31 Å². The molecule has 29 heavy (non-hydrogen) atoms. The molecule has 0 radical (unpaired) electrons. The van der Waals surface area contributed by atoms with Crippen LogP contribution in [-0.2, 0) is 24.3 Å². The molecule has 7 nitrogen and oxygen atoms in total. The third kappa shape index (κ3) is 5.99. The van der Waals surface area contributed by atoms with Crippen molar-refractivity contribution in [2.45, 2.75) is 57.1 Å². The predicted octanol–water partition coefficient (Wildman–Crippen LogP) is 2.32. The molecule has 1 aromatic carbocycles. The molecule has 1 aliphatic carbocycles. The van der Waals surface area contributed by atoms with Crippen LogP contribution in [0.5, 0.6) is 0 Å². The minimum absolute atomic E-state index is 0.0360. The summed E-state index contributed by atoms with van der Waals surface area (Å²) < 4.78 is 43.8. The number of hydrogen-bond acceptors (Lipinski definition) is 5. The summed E-state index contributed by atoms with van der Waals surface area (Å²) in [6.45, 7) is 5.15. The lowest BCUT2D eigenvalue weighted by molar-refractivity contribution is -0.155. The summed E-state index contributed by atoms with van der Waals surface area (Å²) >= 11 is 0. The molecule has 0 unspecified atom stereocenters. The normalized spacial score (nSPS) is 23.4. The van der Waals surface area contributed by atoms with Crippen LogP contribution in [0.2, 0.25) is 0 Å². The third-order valence-electron chi connectivity index (χ3n) is 5.59. The highest BCUT2D eigenvalue weighted by molar-refractivity contribution is 7.89. The van der Waals surface area contributed by atoms with Crippen molar-refractivity contribution in [2.75, 3.05) is 13.6 Å². The van der Waals surface area contributed by atoms with Crippen molar-refractivity contribution < 1.29 is 27.1 Å². The van der Waals surface area contributed by atoms with Gasteiger partial charge in [0.2, 0.25) is 10.0 Å². The van der Waals surface area contributed by atoms with Crippen LogP contribution in [0.3, 0.4) is 0 Å². The lowest BCUT2D eigenvalue weighted by Crippen LogP contribution is -2.48. The second-order valence-electron chi connectivity index (χ2n) is 7.73. The second-order valence-corrected chi connectivity index (χ2v) is 9.77. The van der Waals surface area contributed by atoms with Gasteiger partial charge in [-0.3, -0.25) is 9.59 Å². The van der Waals surface area contributed by atoms with Gasteiger partial charge in [0.1, 0.15) is 12.4 Å². The summed E-state index contributed by atoms with van der Waals surface area (Å²) in [6, 6.07) is 4.33. The van der Waals surface area contributed by atoms with Crippen LogP contribution in [0.25, 0.3) is 0 Å². The van der Waals surface area contributed by atoms with E-state index in [0.717, 1.165) is 47.8 Å². The van der Waals surface area contributed by atoms with E-state index in [-0.39, 0.29) is 10.9 Å². The van der Waals surface area contributed by atoms with Crippen LogP contribution in [0, 0.1) is 17.7 Å². The Morgan fingerprint density at radius 3 is 2.48 bits per heavy atom. The molecular weight excluding hydrogens is 399 g/mol. The predicted molar refractivity (Wildman–Crippen MR) is 106 cm³/mol. The van der Waals surface area contributed by atoms with Gasteiger partial charge in [0.15, 0.2) is 6.10 Å². The summed E-state index contributed by atoms with van der Waals surface area (Å²) in [5.41, 5.74) is 0. The number of esters is 1. The molecule has 1 aliphatic rings. The van der Waals surface area contributed by atoms with Crippen LogP contribution in [-0.4, -0.2) is 50.3 Å². The molecule has 1 N–H and O–H groups in total. The van der Waals surface area contributed by atoms with E-state index in [1.165, 1.54) is 14.0 Å². The van der Waals surface area contributed by atoms with Gasteiger partial charge in [-0.05, 0) is 49.4 Å². The highest BCUT2D eigenvalue weighted by Gasteiger charge is 2.31. The summed E-state index contributed by atoms with van der Waals surface area (Å²) in [4.78, 5) is 24.4. The summed E-state index contributed by atoms with van der Waals surface area (Å²) in [5, 5.41) is 2.94. The molecule has 2 rings (SSSR count). The highest BCUT2D eigenvalue weighted by atomic mass is 32.2. The average Bonchev–Trinajstić information content (AvgIpc) is 2.65. The van der Waals surface area contributed by atoms with E-state index in [9.17, 15) is 22.4 Å². The number of likely N-dealkylation sites (N-methyl/N-ethyl adjacent to an activating group) is 1. The van der Waals surface area contributed by atoms with Crippen LogP contribution in [0.15, 0.2) is 29.2 Å². The lowest BCUT2D eigenvalue weighted by Gasteiger charge is -2.35. The minimum Gasteiger partial charge on any atom is -0.452 e. The van der Waals surface area contributed by atoms with E-state index in [0.29, 0.717) is 11.8 Å². The summed E-state index contributed by atoms with van der Waals surface area (Å²) in [6.07, 6.45) is 2.02. The third-order valence-corrected chi connectivity index (χ3v) is 7.40. The van der Waals surface area contributed by atoms with E-state index in [1.807, 2.05) is 0 Å². The van der Waals surface area contributed by atoms with Crippen LogP contribution in [0.4, 0.5) is 4.39 Å².